The second-order valence-corrected chi connectivity index (χ2v) is 6.39. The number of hydrogen-bond acceptors (Lipinski definition) is 5. The number of nitrogens with one attached hydrogen (secondary N) is 1. The number of thiophene rings is 1. The summed E-state index contributed by atoms with van der Waals surface area (Å²) >= 11 is 3.17. The summed E-state index contributed by atoms with van der Waals surface area (Å²) in [6, 6.07) is 3.93. The standard InChI is InChI=1S/C13H17N3OS2/c1-8(5-7-18-2)16-13(17)12-10(14)11-9(19-12)4-3-6-15-11/h3-4,6,8H,5,7,14H2,1-2H3,(H,16,17). The van der Waals surface area contributed by atoms with Crippen LogP contribution in [0.15, 0.2) is 18.3 Å². The van der Waals surface area contributed by atoms with Crippen molar-refractivity contribution in [3.63, 3.8) is 0 Å². The Bertz CT molecular complexity index is 582. The molecule has 0 saturated heterocycles. The molecule has 1 atom stereocenters. The molecule has 2 aromatic rings. The number of rotatable bonds is 5. The molecule has 0 radical (unpaired) electrons. The van der Waals surface area contributed by atoms with Gasteiger partial charge in [-0.3, -0.25) is 9.78 Å². The highest BCUT2D eigenvalue weighted by Crippen LogP contribution is 2.31. The van der Waals surface area contributed by atoms with Crippen LogP contribution < -0.4 is 11.1 Å². The molecule has 3 N–H and O–H groups in total. The molecule has 0 aliphatic carbocycles. The van der Waals surface area contributed by atoms with E-state index in [1.54, 1.807) is 18.0 Å². The minimum Gasteiger partial charge on any atom is -0.396 e. The number of amides is 1. The summed E-state index contributed by atoms with van der Waals surface area (Å²) in [6.45, 7) is 2.01. The molecule has 2 rings (SSSR count). The van der Waals surface area contributed by atoms with E-state index in [4.69, 9.17) is 5.73 Å². The summed E-state index contributed by atoms with van der Waals surface area (Å²) in [4.78, 5) is 17.0. The first-order valence-corrected chi connectivity index (χ1v) is 8.27. The zero-order chi connectivity index (χ0) is 13.8. The van der Waals surface area contributed by atoms with Gasteiger partial charge in [0, 0.05) is 12.2 Å². The van der Waals surface area contributed by atoms with Gasteiger partial charge in [0.25, 0.3) is 5.91 Å². The molecule has 0 fully saturated rings. The first-order chi connectivity index (χ1) is 9.13. The normalized spacial score (nSPS) is 12.5. The minimum atomic E-state index is -0.103. The van der Waals surface area contributed by atoms with Crippen LogP contribution in [0.4, 0.5) is 5.69 Å². The van der Waals surface area contributed by atoms with Gasteiger partial charge < -0.3 is 11.1 Å². The molecule has 1 amide bonds. The number of nitrogens with two attached hydrogens (primary N) is 1. The van der Waals surface area contributed by atoms with Crippen molar-refractivity contribution in [1.29, 1.82) is 0 Å². The molecular weight excluding hydrogens is 278 g/mol. The molecule has 0 bridgehead atoms. The molecule has 1 unspecified atom stereocenters. The van der Waals surface area contributed by atoms with Gasteiger partial charge in [-0.1, -0.05) is 0 Å². The molecule has 2 aromatic heterocycles. The average molecular weight is 295 g/mol. The van der Waals surface area contributed by atoms with Crippen LogP contribution in [0.3, 0.4) is 0 Å². The molecule has 0 aliphatic heterocycles. The summed E-state index contributed by atoms with van der Waals surface area (Å²) in [5.41, 5.74) is 7.20. The van der Waals surface area contributed by atoms with Crippen LogP contribution in [0.5, 0.6) is 0 Å². The second-order valence-electron chi connectivity index (χ2n) is 4.35. The van der Waals surface area contributed by atoms with Gasteiger partial charge in [-0.2, -0.15) is 11.8 Å². The number of nitrogen functional groups attached to an aromatic ring is 1. The largest absolute Gasteiger partial charge is 0.396 e. The van der Waals surface area contributed by atoms with Crippen LogP contribution in [0.2, 0.25) is 0 Å². The summed E-state index contributed by atoms with van der Waals surface area (Å²) < 4.78 is 0.946. The van der Waals surface area contributed by atoms with E-state index >= 15 is 0 Å². The number of hydrogen-bond donors (Lipinski definition) is 2. The fourth-order valence-corrected chi connectivity index (χ4v) is 3.35. The quantitative estimate of drug-likeness (QED) is 0.890. The van der Waals surface area contributed by atoms with Gasteiger partial charge in [-0.15, -0.1) is 11.3 Å². The summed E-state index contributed by atoms with van der Waals surface area (Å²) in [5, 5.41) is 2.98. The number of anilines is 1. The Morgan fingerprint density at radius 3 is 3.11 bits per heavy atom. The summed E-state index contributed by atoms with van der Waals surface area (Å²) in [7, 11) is 0. The third-order valence-corrected chi connectivity index (χ3v) is 4.62. The minimum absolute atomic E-state index is 0.103. The number of thioether (sulfide) groups is 1. The topological polar surface area (TPSA) is 68.0 Å². The summed E-state index contributed by atoms with van der Waals surface area (Å²) in [5.74, 6) is 0.930. The lowest BCUT2D eigenvalue weighted by Crippen LogP contribution is -2.32. The van der Waals surface area contributed by atoms with Gasteiger partial charge in [0.05, 0.1) is 10.4 Å². The summed E-state index contributed by atoms with van der Waals surface area (Å²) in [6.07, 6.45) is 4.70. The molecule has 102 valence electrons. The van der Waals surface area contributed by atoms with E-state index < -0.39 is 0 Å². The Hall–Kier alpha value is -1.27. The number of carbonyl (C=O) groups excluding carboxylic acids is 1. The lowest BCUT2D eigenvalue weighted by atomic mass is 10.2. The molecule has 19 heavy (non-hydrogen) atoms. The predicted octanol–water partition coefficient (Wildman–Crippen LogP) is 2.75. The maximum Gasteiger partial charge on any atom is 0.263 e. The SMILES string of the molecule is CSCCC(C)NC(=O)c1sc2cccnc2c1N. The third kappa shape index (κ3) is 3.19. The third-order valence-electron chi connectivity index (χ3n) is 2.82. The highest BCUT2D eigenvalue weighted by molar-refractivity contribution is 7.98. The van der Waals surface area contributed by atoms with Crippen LogP contribution in [0.25, 0.3) is 10.2 Å². The molecule has 6 heteroatoms. The monoisotopic (exact) mass is 295 g/mol. The molecule has 0 aliphatic rings. The van der Waals surface area contributed by atoms with Crippen molar-refractivity contribution in [3.8, 4) is 0 Å². The lowest BCUT2D eigenvalue weighted by Gasteiger charge is -2.12. The zero-order valence-electron chi connectivity index (χ0n) is 11.0. The van der Waals surface area contributed by atoms with Crippen molar-refractivity contribution in [1.82, 2.24) is 10.3 Å². The van der Waals surface area contributed by atoms with Crippen molar-refractivity contribution in [3.05, 3.63) is 23.2 Å². The molecule has 0 saturated carbocycles. The molecule has 4 nitrogen and oxygen atoms in total. The highest BCUT2D eigenvalue weighted by atomic mass is 32.2. The predicted molar refractivity (Wildman–Crippen MR) is 84.0 cm³/mol. The van der Waals surface area contributed by atoms with Crippen molar-refractivity contribution in [2.24, 2.45) is 0 Å². The number of nitrogens with zero attached hydrogens (tertiary/aromatic N) is 1. The molecule has 0 spiro atoms. The van der Waals surface area contributed by atoms with Crippen molar-refractivity contribution in [2.45, 2.75) is 19.4 Å². The number of fused-ring (bicyclic) bond motifs is 1. The van der Waals surface area contributed by atoms with Gasteiger partial charge in [0.1, 0.15) is 10.4 Å². The van der Waals surface area contributed by atoms with Crippen LogP contribution in [-0.2, 0) is 0 Å². The van der Waals surface area contributed by atoms with Crippen LogP contribution in [-0.4, -0.2) is 28.9 Å². The molecule has 2 heterocycles. The first-order valence-electron chi connectivity index (χ1n) is 6.06. The Kier molecular flexibility index (Phi) is 4.66. The van der Waals surface area contributed by atoms with Crippen LogP contribution in [0.1, 0.15) is 23.0 Å². The highest BCUT2D eigenvalue weighted by Gasteiger charge is 2.18. The van der Waals surface area contributed by atoms with Crippen LogP contribution >= 0.6 is 23.1 Å². The maximum absolute atomic E-state index is 12.2. The Morgan fingerprint density at radius 1 is 1.63 bits per heavy atom. The fourth-order valence-electron chi connectivity index (χ4n) is 1.77. The fraction of sp³-hybridized carbons (Fsp3) is 0.385. The first kappa shape index (κ1) is 14.1. The Morgan fingerprint density at radius 2 is 2.42 bits per heavy atom. The second kappa shape index (κ2) is 6.25. The van der Waals surface area contributed by atoms with E-state index in [0.717, 1.165) is 22.4 Å². The van der Waals surface area contributed by atoms with E-state index in [-0.39, 0.29) is 11.9 Å². The average Bonchev–Trinajstić information content (AvgIpc) is 2.74. The van der Waals surface area contributed by atoms with E-state index in [0.29, 0.717) is 10.6 Å². The van der Waals surface area contributed by atoms with Gasteiger partial charge in [0.15, 0.2) is 0 Å². The molecular formula is C13H17N3OS2. The number of pyridine rings is 1. The van der Waals surface area contributed by atoms with Crippen molar-refractivity contribution >= 4 is 44.9 Å². The van der Waals surface area contributed by atoms with E-state index in [2.05, 4.69) is 16.6 Å². The Labute approximate surface area is 120 Å². The van der Waals surface area contributed by atoms with Gasteiger partial charge >= 0.3 is 0 Å². The zero-order valence-corrected chi connectivity index (χ0v) is 12.6. The van der Waals surface area contributed by atoms with Gasteiger partial charge in [-0.05, 0) is 37.5 Å². The van der Waals surface area contributed by atoms with Crippen LogP contribution in [0, 0.1) is 0 Å². The Balaban J connectivity index is 2.15. The van der Waals surface area contributed by atoms with E-state index in [1.165, 1.54) is 11.3 Å². The molecule has 0 aromatic carbocycles. The maximum atomic E-state index is 12.2. The van der Waals surface area contributed by atoms with E-state index in [1.807, 2.05) is 19.1 Å². The van der Waals surface area contributed by atoms with Gasteiger partial charge in [0.2, 0.25) is 0 Å². The smallest absolute Gasteiger partial charge is 0.263 e. The van der Waals surface area contributed by atoms with Crippen molar-refractivity contribution < 1.29 is 4.79 Å². The van der Waals surface area contributed by atoms with Gasteiger partial charge in [-0.25, -0.2) is 0 Å². The number of aromatic nitrogens is 1. The number of carbonyl (C=O) groups is 1. The van der Waals surface area contributed by atoms with Crippen molar-refractivity contribution in [2.75, 3.05) is 17.7 Å². The lowest BCUT2D eigenvalue weighted by molar-refractivity contribution is 0.0944. The van der Waals surface area contributed by atoms with E-state index in [9.17, 15) is 4.79 Å².